The van der Waals surface area contributed by atoms with Gasteiger partial charge in [-0.15, -0.1) is 0 Å². The number of ether oxygens (including phenoxy) is 3. The zero-order valence-electron chi connectivity index (χ0n) is 23.1. The summed E-state index contributed by atoms with van der Waals surface area (Å²) in [4.78, 5) is 20.0. The number of methoxy groups -OCH3 is 2. The summed E-state index contributed by atoms with van der Waals surface area (Å²) in [5.41, 5.74) is -0.839. The topological polar surface area (TPSA) is 105 Å². The second kappa shape index (κ2) is 9.82. The van der Waals surface area contributed by atoms with Gasteiger partial charge in [0.15, 0.2) is 11.2 Å². The maximum atomic E-state index is 12.9. The Bertz CT molecular complexity index is 1370. The van der Waals surface area contributed by atoms with Crippen LogP contribution in [0.25, 0.3) is 0 Å². The molecule has 2 aliphatic rings. The fourth-order valence-electron chi connectivity index (χ4n) is 6.40. The van der Waals surface area contributed by atoms with Crippen molar-refractivity contribution in [2.24, 2.45) is 5.92 Å². The predicted octanol–water partition coefficient (Wildman–Crippen LogP) is 2.89. The first-order chi connectivity index (χ1) is 18.6. The van der Waals surface area contributed by atoms with Crippen LogP contribution in [0.3, 0.4) is 0 Å². The minimum atomic E-state index is -1.93. The Morgan fingerprint density at radius 3 is 2.28 bits per heavy atom. The van der Waals surface area contributed by atoms with Crippen molar-refractivity contribution in [1.29, 1.82) is 0 Å². The molecule has 39 heavy (non-hydrogen) atoms. The van der Waals surface area contributed by atoms with Gasteiger partial charge in [-0.25, -0.2) is 0 Å². The summed E-state index contributed by atoms with van der Waals surface area (Å²) >= 11 is 0. The van der Waals surface area contributed by atoms with E-state index in [0.717, 1.165) is 5.56 Å². The second-order valence-corrected chi connectivity index (χ2v) is 10.5. The Hall–Kier alpha value is -3.66. The quantitative estimate of drug-likeness (QED) is 0.478. The van der Waals surface area contributed by atoms with Crippen molar-refractivity contribution >= 4 is 11.6 Å². The minimum Gasteiger partial charge on any atom is -0.481 e. The lowest BCUT2D eigenvalue weighted by molar-refractivity contribution is -0.152. The van der Waals surface area contributed by atoms with E-state index in [4.69, 9.17) is 14.2 Å². The molecule has 1 amide bonds. The van der Waals surface area contributed by atoms with Crippen LogP contribution in [0.2, 0.25) is 0 Å². The molecule has 0 unspecified atom stereocenters. The number of benzene rings is 2. The molecule has 2 heterocycles. The Morgan fingerprint density at radius 1 is 1.05 bits per heavy atom. The summed E-state index contributed by atoms with van der Waals surface area (Å²) in [6.07, 6.45) is -1.24. The van der Waals surface area contributed by atoms with Crippen LogP contribution in [-0.2, 0) is 16.0 Å². The summed E-state index contributed by atoms with van der Waals surface area (Å²) in [6, 6.07) is 18.8. The zero-order chi connectivity index (χ0) is 28.1. The monoisotopic (exact) mass is 533 g/mol. The molecule has 5 rings (SSSR count). The number of aliphatic hydroxyl groups excluding tert-OH is 1. The van der Waals surface area contributed by atoms with Gasteiger partial charge in [0.2, 0.25) is 17.7 Å². The molecule has 0 bridgehead atoms. The normalized spacial score (nSPS) is 27.1. The summed E-state index contributed by atoms with van der Waals surface area (Å²) in [5, 5.41) is 25.0. The van der Waals surface area contributed by atoms with E-state index in [9.17, 15) is 15.0 Å². The van der Waals surface area contributed by atoms with Crippen molar-refractivity contribution in [2.45, 2.75) is 30.1 Å². The molecule has 0 radical (unpaired) electrons. The third-order valence-corrected chi connectivity index (χ3v) is 8.14. The zero-order valence-corrected chi connectivity index (χ0v) is 23.1. The highest BCUT2D eigenvalue weighted by molar-refractivity contribution is 5.90. The standard InChI is InChI=1S/C30H35N3O6/c1-18(34)33(4)21-14-12-20(13-15-21)30-25(19-10-8-7-9-11-19)22(17-32(2)3)27(35)29(30,36)26-23(39-30)16-24(37-5)31-28(26)38-6/h7-16,22,25,27,35-36H,17H2,1-6H3/t22-,25-,27-,29+,30+/m1/s1. The number of amides is 1. The molecular formula is C30H35N3O6. The van der Waals surface area contributed by atoms with Gasteiger partial charge in [-0.3, -0.25) is 4.79 Å². The highest BCUT2D eigenvalue weighted by Crippen LogP contribution is 2.69. The van der Waals surface area contributed by atoms with Crippen LogP contribution in [0.15, 0.2) is 60.7 Å². The van der Waals surface area contributed by atoms with Gasteiger partial charge in [-0.2, -0.15) is 4.98 Å². The van der Waals surface area contributed by atoms with Crippen molar-refractivity contribution in [3.8, 4) is 17.5 Å². The van der Waals surface area contributed by atoms with Crippen molar-refractivity contribution in [3.05, 3.63) is 77.4 Å². The Balaban J connectivity index is 1.82. The maximum absolute atomic E-state index is 12.9. The molecule has 1 fully saturated rings. The molecule has 1 aliphatic carbocycles. The second-order valence-electron chi connectivity index (χ2n) is 10.5. The van der Waals surface area contributed by atoms with Crippen LogP contribution >= 0.6 is 0 Å². The Labute approximate surface area is 228 Å². The number of carbonyl (C=O) groups excluding carboxylic acids is 1. The predicted molar refractivity (Wildman–Crippen MR) is 146 cm³/mol. The highest BCUT2D eigenvalue weighted by atomic mass is 16.5. The smallest absolute Gasteiger partial charge is 0.226 e. The van der Waals surface area contributed by atoms with E-state index >= 15 is 0 Å². The molecule has 5 atom stereocenters. The van der Waals surface area contributed by atoms with Crippen LogP contribution in [-0.4, -0.2) is 74.0 Å². The molecule has 0 saturated heterocycles. The number of rotatable bonds is 7. The van der Waals surface area contributed by atoms with Gasteiger partial charge in [0.05, 0.1) is 25.9 Å². The van der Waals surface area contributed by atoms with E-state index in [2.05, 4.69) is 4.98 Å². The van der Waals surface area contributed by atoms with Gasteiger partial charge in [0.25, 0.3) is 0 Å². The third-order valence-electron chi connectivity index (χ3n) is 8.14. The largest absolute Gasteiger partial charge is 0.481 e. The summed E-state index contributed by atoms with van der Waals surface area (Å²) < 4.78 is 17.9. The summed E-state index contributed by atoms with van der Waals surface area (Å²) in [7, 11) is 8.54. The van der Waals surface area contributed by atoms with Crippen molar-refractivity contribution in [2.75, 3.05) is 46.8 Å². The molecule has 2 aromatic carbocycles. The van der Waals surface area contributed by atoms with Gasteiger partial charge in [-0.1, -0.05) is 42.5 Å². The average Bonchev–Trinajstić information content (AvgIpc) is 3.30. The lowest BCUT2D eigenvalue weighted by Crippen LogP contribution is -2.52. The van der Waals surface area contributed by atoms with Gasteiger partial charge >= 0.3 is 0 Å². The molecule has 0 spiro atoms. The van der Waals surface area contributed by atoms with Crippen molar-refractivity contribution in [3.63, 3.8) is 0 Å². The van der Waals surface area contributed by atoms with Gasteiger partial charge in [0.1, 0.15) is 5.75 Å². The van der Waals surface area contributed by atoms with Crippen LogP contribution in [0.5, 0.6) is 17.5 Å². The number of hydrogen-bond acceptors (Lipinski definition) is 8. The fraction of sp³-hybridized carbons (Fsp3) is 0.400. The first kappa shape index (κ1) is 26.9. The molecule has 206 valence electrons. The Kier molecular flexibility index (Phi) is 6.78. The van der Waals surface area contributed by atoms with Crippen LogP contribution in [0.4, 0.5) is 5.69 Å². The maximum Gasteiger partial charge on any atom is 0.226 e. The third kappa shape index (κ3) is 3.87. The van der Waals surface area contributed by atoms with Crippen LogP contribution in [0, 0.1) is 5.92 Å². The van der Waals surface area contributed by atoms with Gasteiger partial charge < -0.3 is 34.2 Å². The molecule has 9 heteroatoms. The van der Waals surface area contributed by atoms with E-state index in [1.165, 1.54) is 21.1 Å². The molecule has 1 aromatic heterocycles. The lowest BCUT2D eigenvalue weighted by Gasteiger charge is -2.41. The number of fused-ring (bicyclic) bond motifs is 3. The van der Waals surface area contributed by atoms with Crippen molar-refractivity contribution < 1.29 is 29.2 Å². The van der Waals surface area contributed by atoms with Gasteiger partial charge in [0, 0.05) is 44.1 Å². The lowest BCUT2D eigenvalue weighted by atomic mass is 9.70. The number of aromatic nitrogens is 1. The number of pyridine rings is 1. The molecular weight excluding hydrogens is 498 g/mol. The van der Waals surface area contributed by atoms with E-state index in [1.807, 2.05) is 73.6 Å². The molecule has 9 nitrogen and oxygen atoms in total. The van der Waals surface area contributed by atoms with E-state index < -0.39 is 29.1 Å². The van der Waals surface area contributed by atoms with Crippen LogP contribution in [0.1, 0.15) is 29.5 Å². The minimum absolute atomic E-state index is 0.102. The highest BCUT2D eigenvalue weighted by Gasteiger charge is 2.77. The fourth-order valence-corrected chi connectivity index (χ4v) is 6.40. The van der Waals surface area contributed by atoms with Crippen LogP contribution < -0.4 is 19.1 Å². The van der Waals surface area contributed by atoms with Crippen molar-refractivity contribution in [1.82, 2.24) is 9.88 Å². The molecule has 2 N–H and O–H groups in total. The number of anilines is 1. The average molecular weight is 534 g/mol. The van der Waals surface area contributed by atoms with E-state index in [0.29, 0.717) is 23.5 Å². The number of carbonyl (C=O) groups is 1. The number of aliphatic hydroxyl groups is 2. The Morgan fingerprint density at radius 2 is 1.72 bits per heavy atom. The number of hydrogen-bond donors (Lipinski definition) is 2. The van der Waals surface area contributed by atoms with E-state index in [-0.39, 0.29) is 23.2 Å². The van der Waals surface area contributed by atoms with Gasteiger partial charge in [-0.05, 0) is 37.4 Å². The summed E-state index contributed by atoms with van der Waals surface area (Å²) in [5.74, 6) is -0.285. The molecule has 3 aromatic rings. The first-order valence-electron chi connectivity index (χ1n) is 12.9. The summed E-state index contributed by atoms with van der Waals surface area (Å²) in [6.45, 7) is 1.99. The molecule has 1 saturated carbocycles. The molecule has 1 aliphatic heterocycles. The van der Waals surface area contributed by atoms with E-state index in [1.54, 1.807) is 18.0 Å². The number of nitrogens with zero attached hydrogens (tertiary/aromatic N) is 3. The SMILES string of the molecule is COc1cc2c(c(OC)n1)[C@]1(O)[C@H](O)[C@H](CN(C)C)[C@@H](c3ccccc3)[C@]1(c1ccc(N(C)C(C)=O)cc1)O2. The first-order valence-corrected chi connectivity index (χ1v) is 12.9.